The monoisotopic (exact) mass is 505 g/mol. The van der Waals surface area contributed by atoms with Crippen LogP contribution in [0.3, 0.4) is 0 Å². The molecule has 0 radical (unpaired) electrons. The van der Waals surface area contributed by atoms with Gasteiger partial charge in [-0.15, -0.1) is 0 Å². The Morgan fingerprint density at radius 1 is 1.00 bits per heavy atom. The van der Waals surface area contributed by atoms with Gasteiger partial charge in [-0.05, 0) is 68.9 Å². The lowest BCUT2D eigenvalue weighted by molar-refractivity contribution is 0.0233. The number of Topliss-reactive ketones (excluding diaryl/α,β-unsaturated/α-hetero) is 1. The molecule has 0 unspecified atom stereocenters. The Labute approximate surface area is 217 Å². The highest BCUT2D eigenvalue weighted by atomic mass is 19.1. The number of nitrogens with zero attached hydrogens (tertiary/aromatic N) is 5. The standard InChI is InChI=1S/C29H36FN5O2/c1-19(36)25-18-26(34-14-10-22(11-15-34)33-16-12-24(37-2)13-17-33)27-28(20-4-3-5-20)32-35(29(27)31-25)23-8-6-21(30)7-9-23/h6-9,18,20,22,24H,3-5,10-17H2,1-2H3. The maximum absolute atomic E-state index is 13.7. The van der Waals surface area contributed by atoms with E-state index in [0.29, 0.717) is 29.4 Å². The molecule has 2 saturated heterocycles. The lowest BCUT2D eigenvalue weighted by atomic mass is 9.82. The first-order valence-electron chi connectivity index (χ1n) is 13.7. The molecule has 8 heteroatoms. The average molecular weight is 506 g/mol. The highest BCUT2D eigenvalue weighted by Gasteiger charge is 2.33. The average Bonchev–Trinajstić information content (AvgIpc) is 3.27. The molecule has 0 N–H and O–H groups in total. The number of anilines is 1. The van der Waals surface area contributed by atoms with Crippen LogP contribution in [0.5, 0.6) is 0 Å². The fourth-order valence-corrected chi connectivity index (χ4v) is 6.23. The minimum atomic E-state index is -0.285. The molecule has 0 bridgehead atoms. The van der Waals surface area contributed by atoms with Crippen LogP contribution in [0.1, 0.15) is 74.0 Å². The van der Waals surface area contributed by atoms with Crippen molar-refractivity contribution in [3.63, 3.8) is 0 Å². The summed E-state index contributed by atoms with van der Waals surface area (Å²) in [5.74, 6) is 0.0514. The van der Waals surface area contributed by atoms with E-state index in [4.69, 9.17) is 14.8 Å². The largest absolute Gasteiger partial charge is 0.381 e. The number of pyridine rings is 1. The Bertz CT molecular complexity index is 1270. The first-order chi connectivity index (χ1) is 18.0. The number of carbonyl (C=O) groups excluding carboxylic acids is 1. The number of hydrogen-bond donors (Lipinski definition) is 0. The van der Waals surface area contributed by atoms with E-state index in [1.165, 1.54) is 18.6 Å². The molecule has 0 atom stereocenters. The van der Waals surface area contributed by atoms with Gasteiger partial charge in [0.2, 0.25) is 0 Å². The summed E-state index contributed by atoms with van der Waals surface area (Å²) in [6.07, 6.45) is 8.24. The van der Waals surface area contributed by atoms with Crippen molar-refractivity contribution in [3.8, 4) is 5.69 Å². The normalized spacial score (nSPS) is 20.5. The zero-order valence-electron chi connectivity index (χ0n) is 21.8. The van der Waals surface area contributed by atoms with Crippen molar-refractivity contribution >= 4 is 22.5 Å². The van der Waals surface area contributed by atoms with Crippen LogP contribution in [0, 0.1) is 5.82 Å². The molecule has 0 amide bonds. The van der Waals surface area contributed by atoms with Crippen molar-refractivity contribution in [2.24, 2.45) is 0 Å². The maximum Gasteiger partial charge on any atom is 0.178 e. The van der Waals surface area contributed by atoms with Gasteiger partial charge in [0.05, 0.1) is 28.6 Å². The number of methoxy groups -OCH3 is 1. The van der Waals surface area contributed by atoms with Crippen molar-refractivity contribution in [2.75, 3.05) is 38.2 Å². The van der Waals surface area contributed by atoms with E-state index in [2.05, 4.69) is 9.80 Å². The molecule has 2 aliphatic heterocycles. The second kappa shape index (κ2) is 10.1. The van der Waals surface area contributed by atoms with Crippen LogP contribution in [-0.2, 0) is 4.74 Å². The summed E-state index contributed by atoms with van der Waals surface area (Å²) < 4.78 is 21.1. The van der Waals surface area contributed by atoms with E-state index < -0.39 is 0 Å². The molecule has 3 aliphatic rings. The first-order valence-corrected chi connectivity index (χ1v) is 13.7. The molecule has 1 saturated carbocycles. The quantitative estimate of drug-likeness (QED) is 0.434. The SMILES string of the molecule is COC1CCN(C2CCN(c3cc(C(C)=O)nc4c3c(C3CCC3)nn4-c3ccc(F)cc3)CC2)CC1. The molecule has 37 heavy (non-hydrogen) atoms. The summed E-state index contributed by atoms with van der Waals surface area (Å²) in [7, 11) is 1.82. The summed E-state index contributed by atoms with van der Waals surface area (Å²) in [4.78, 5) is 22.4. The number of likely N-dealkylation sites (tertiary alicyclic amines) is 1. The number of halogens is 1. The Balaban J connectivity index is 1.36. The minimum absolute atomic E-state index is 0.0592. The van der Waals surface area contributed by atoms with Gasteiger partial charge < -0.3 is 14.5 Å². The van der Waals surface area contributed by atoms with Crippen LogP contribution in [0.4, 0.5) is 10.1 Å². The summed E-state index contributed by atoms with van der Waals surface area (Å²) in [5, 5.41) is 6.10. The van der Waals surface area contributed by atoms with Gasteiger partial charge in [0, 0.05) is 52.2 Å². The number of ether oxygens (including phenoxy) is 1. The van der Waals surface area contributed by atoms with E-state index >= 15 is 0 Å². The third-order valence-corrected chi connectivity index (χ3v) is 8.70. The Kier molecular flexibility index (Phi) is 6.71. The summed E-state index contributed by atoms with van der Waals surface area (Å²) in [6.45, 7) is 5.66. The van der Waals surface area contributed by atoms with Gasteiger partial charge >= 0.3 is 0 Å². The molecule has 1 aromatic carbocycles. The van der Waals surface area contributed by atoms with Crippen molar-refractivity contribution in [1.29, 1.82) is 0 Å². The number of hydrogen-bond acceptors (Lipinski definition) is 6. The van der Waals surface area contributed by atoms with Crippen molar-refractivity contribution in [1.82, 2.24) is 19.7 Å². The van der Waals surface area contributed by atoms with E-state index in [9.17, 15) is 9.18 Å². The summed E-state index contributed by atoms with van der Waals surface area (Å²) in [5.41, 5.74) is 4.04. The van der Waals surface area contributed by atoms with Gasteiger partial charge in [0.15, 0.2) is 11.4 Å². The van der Waals surface area contributed by atoms with Crippen LogP contribution in [0.15, 0.2) is 30.3 Å². The number of benzene rings is 1. The minimum Gasteiger partial charge on any atom is -0.381 e. The maximum atomic E-state index is 13.7. The van der Waals surface area contributed by atoms with Crippen LogP contribution in [0.2, 0.25) is 0 Å². The van der Waals surface area contributed by atoms with Crippen molar-refractivity contribution in [2.45, 2.75) is 69.9 Å². The summed E-state index contributed by atoms with van der Waals surface area (Å²) >= 11 is 0. The second-order valence-corrected chi connectivity index (χ2v) is 10.9. The molecule has 3 fully saturated rings. The van der Waals surface area contributed by atoms with E-state index in [-0.39, 0.29) is 11.6 Å². The Morgan fingerprint density at radius 3 is 2.30 bits per heavy atom. The fraction of sp³-hybridized carbons (Fsp3) is 0.552. The Morgan fingerprint density at radius 2 is 1.70 bits per heavy atom. The number of piperidine rings is 2. The van der Waals surface area contributed by atoms with Crippen LogP contribution in [-0.4, -0.2) is 70.9 Å². The predicted octanol–water partition coefficient (Wildman–Crippen LogP) is 5.11. The third-order valence-electron chi connectivity index (χ3n) is 8.70. The molecule has 0 spiro atoms. The first kappa shape index (κ1) is 24.5. The number of aromatic nitrogens is 3. The molecular weight excluding hydrogens is 469 g/mol. The molecule has 7 nitrogen and oxygen atoms in total. The predicted molar refractivity (Wildman–Crippen MR) is 142 cm³/mol. The molecular formula is C29H36FN5O2. The fourth-order valence-electron chi connectivity index (χ4n) is 6.23. The van der Waals surface area contributed by atoms with Gasteiger partial charge in [0.25, 0.3) is 0 Å². The smallest absolute Gasteiger partial charge is 0.178 e. The lowest BCUT2D eigenvalue weighted by Gasteiger charge is -2.42. The number of fused-ring (bicyclic) bond motifs is 1. The van der Waals surface area contributed by atoms with Crippen LogP contribution >= 0.6 is 0 Å². The Hall–Kier alpha value is -2.84. The van der Waals surface area contributed by atoms with Gasteiger partial charge in [0.1, 0.15) is 11.5 Å². The van der Waals surface area contributed by atoms with E-state index in [0.717, 1.165) is 87.2 Å². The van der Waals surface area contributed by atoms with Crippen molar-refractivity contribution < 1.29 is 13.9 Å². The van der Waals surface area contributed by atoms with Gasteiger partial charge in [-0.2, -0.15) is 5.10 Å². The lowest BCUT2D eigenvalue weighted by Crippen LogP contribution is -2.48. The highest BCUT2D eigenvalue weighted by Crippen LogP contribution is 2.43. The van der Waals surface area contributed by atoms with Gasteiger partial charge in [-0.1, -0.05) is 6.42 Å². The molecule has 3 aromatic rings. The zero-order chi connectivity index (χ0) is 25.5. The van der Waals surface area contributed by atoms with E-state index in [1.807, 2.05) is 17.9 Å². The molecule has 2 aromatic heterocycles. The summed E-state index contributed by atoms with van der Waals surface area (Å²) in [6, 6.07) is 8.92. The number of carbonyl (C=O) groups is 1. The zero-order valence-corrected chi connectivity index (χ0v) is 21.8. The molecule has 6 rings (SSSR count). The second-order valence-electron chi connectivity index (χ2n) is 10.9. The molecule has 4 heterocycles. The molecule has 1 aliphatic carbocycles. The van der Waals surface area contributed by atoms with Crippen molar-refractivity contribution in [3.05, 3.63) is 47.5 Å². The third kappa shape index (κ3) is 4.66. The number of rotatable bonds is 6. The van der Waals surface area contributed by atoms with Crippen LogP contribution in [0.25, 0.3) is 16.7 Å². The topological polar surface area (TPSA) is 63.5 Å². The molecule has 196 valence electrons. The van der Waals surface area contributed by atoms with Gasteiger partial charge in [-0.3, -0.25) is 4.79 Å². The van der Waals surface area contributed by atoms with Crippen LogP contribution < -0.4 is 4.90 Å². The van der Waals surface area contributed by atoms with E-state index in [1.54, 1.807) is 19.1 Å². The highest BCUT2D eigenvalue weighted by molar-refractivity contribution is 6.00. The van der Waals surface area contributed by atoms with Gasteiger partial charge in [-0.25, -0.2) is 14.1 Å². The number of ketones is 1.